The molecule has 0 aliphatic heterocycles. The summed E-state index contributed by atoms with van der Waals surface area (Å²) < 4.78 is 0. The molecule has 4 heteroatoms. The molecule has 1 aliphatic carbocycles. The number of aliphatic carboxylic acids is 1. The maximum absolute atomic E-state index is 12.4. The van der Waals surface area contributed by atoms with Crippen LogP contribution in [0.2, 0.25) is 0 Å². The van der Waals surface area contributed by atoms with Crippen molar-refractivity contribution in [3.8, 4) is 0 Å². The van der Waals surface area contributed by atoms with E-state index in [1.54, 1.807) is 12.1 Å². The molecule has 0 radical (unpaired) electrons. The Hall–Kier alpha value is -2.10. The Labute approximate surface area is 124 Å². The van der Waals surface area contributed by atoms with E-state index in [4.69, 9.17) is 5.11 Å². The van der Waals surface area contributed by atoms with Crippen LogP contribution in [0.5, 0.6) is 0 Å². The largest absolute Gasteiger partial charge is 0.478 e. The van der Waals surface area contributed by atoms with E-state index in [-0.39, 0.29) is 11.9 Å². The predicted molar refractivity (Wildman–Crippen MR) is 82.1 cm³/mol. The van der Waals surface area contributed by atoms with Crippen molar-refractivity contribution >= 4 is 18.0 Å². The van der Waals surface area contributed by atoms with E-state index in [0.717, 1.165) is 36.5 Å². The molecule has 2 rings (SSSR count). The molecular weight excluding hydrogens is 266 g/mol. The van der Waals surface area contributed by atoms with Crippen LogP contribution >= 0.6 is 0 Å². The highest BCUT2D eigenvalue weighted by atomic mass is 16.4. The fourth-order valence-electron chi connectivity index (χ4n) is 2.84. The number of carbonyl (C=O) groups excluding carboxylic acids is 1. The molecule has 1 aromatic carbocycles. The van der Waals surface area contributed by atoms with Gasteiger partial charge in [0.2, 0.25) is 0 Å². The maximum atomic E-state index is 12.4. The highest BCUT2D eigenvalue weighted by Gasteiger charge is 2.23. The fraction of sp³-hybridized carbons (Fsp3) is 0.412. The molecule has 21 heavy (non-hydrogen) atoms. The second-order valence-electron chi connectivity index (χ2n) is 5.78. The number of nitrogens with one attached hydrogen (secondary N) is 1. The summed E-state index contributed by atoms with van der Waals surface area (Å²) in [7, 11) is 0. The van der Waals surface area contributed by atoms with Crippen molar-refractivity contribution in [2.45, 2.75) is 39.2 Å². The van der Waals surface area contributed by atoms with Crippen LogP contribution in [0.1, 0.15) is 47.7 Å². The molecule has 4 nitrogen and oxygen atoms in total. The lowest BCUT2D eigenvalue weighted by atomic mass is 10.0. The monoisotopic (exact) mass is 287 g/mol. The van der Waals surface area contributed by atoms with E-state index in [1.807, 2.05) is 13.0 Å². The van der Waals surface area contributed by atoms with Crippen molar-refractivity contribution in [3.05, 3.63) is 41.0 Å². The minimum absolute atomic E-state index is 0.0721. The predicted octanol–water partition coefficient (Wildman–Crippen LogP) is 3.01. The van der Waals surface area contributed by atoms with E-state index in [1.165, 1.54) is 6.08 Å². The molecule has 0 saturated heterocycles. The van der Waals surface area contributed by atoms with E-state index in [2.05, 4.69) is 12.2 Å². The molecule has 0 heterocycles. The summed E-state index contributed by atoms with van der Waals surface area (Å²) in [5.74, 6) is -0.400. The van der Waals surface area contributed by atoms with Gasteiger partial charge in [-0.15, -0.1) is 0 Å². The molecule has 1 aromatic rings. The Morgan fingerprint density at radius 2 is 2.10 bits per heavy atom. The van der Waals surface area contributed by atoms with Crippen molar-refractivity contribution in [1.82, 2.24) is 5.32 Å². The number of carboxylic acids is 1. The van der Waals surface area contributed by atoms with Crippen LogP contribution in [0.3, 0.4) is 0 Å². The van der Waals surface area contributed by atoms with Gasteiger partial charge in [-0.05, 0) is 55.4 Å². The van der Waals surface area contributed by atoms with Gasteiger partial charge in [-0.1, -0.05) is 19.1 Å². The molecule has 0 spiro atoms. The van der Waals surface area contributed by atoms with Gasteiger partial charge in [-0.25, -0.2) is 4.79 Å². The van der Waals surface area contributed by atoms with Gasteiger partial charge in [0.15, 0.2) is 0 Å². The third-order valence-corrected chi connectivity index (χ3v) is 4.06. The van der Waals surface area contributed by atoms with Gasteiger partial charge in [-0.3, -0.25) is 4.79 Å². The quantitative estimate of drug-likeness (QED) is 0.837. The van der Waals surface area contributed by atoms with Crippen LogP contribution in [-0.2, 0) is 4.79 Å². The van der Waals surface area contributed by atoms with Crippen LogP contribution in [-0.4, -0.2) is 23.0 Å². The van der Waals surface area contributed by atoms with E-state index < -0.39 is 5.97 Å². The Kier molecular flexibility index (Phi) is 4.78. The van der Waals surface area contributed by atoms with Crippen molar-refractivity contribution in [2.24, 2.45) is 5.92 Å². The first kappa shape index (κ1) is 15.3. The van der Waals surface area contributed by atoms with Crippen LogP contribution in [0, 0.1) is 12.8 Å². The van der Waals surface area contributed by atoms with Crippen LogP contribution in [0.15, 0.2) is 24.3 Å². The van der Waals surface area contributed by atoms with Gasteiger partial charge >= 0.3 is 5.97 Å². The minimum Gasteiger partial charge on any atom is -0.478 e. The molecule has 2 atom stereocenters. The van der Waals surface area contributed by atoms with Crippen LogP contribution in [0.25, 0.3) is 6.08 Å². The Balaban J connectivity index is 2.14. The van der Waals surface area contributed by atoms with Crippen molar-refractivity contribution < 1.29 is 14.7 Å². The van der Waals surface area contributed by atoms with E-state index in [0.29, 0.717) is 11.5 Å². The van der Waals surface area contributed by atoms with Crippen molar-refractivity contribution in [1.29, 1.82) is 0 Å². The number of hydrogen-bond acceptors (Lipinski definition) is 2. The first-order chi connectivity index (χ1) is 9.97. The van der Waals surface area contributed by atoms with Gasteiger partial charge in [0.05, 0.1) is 0 Å². The number of hydrogen-bond donors (Lipinski definition) is 2. The van der Waals surface area contributed by atoms with Gasteiger partial charge in [-0.2, -0.15) is 0 Å². The highest BCUT2D eigenvalue weighted by molar-refractivity contribution is 5.97. The minimum atomic E-state index is -0.996. The molecule has 2 N–H and O–H groups in total. The molecule has 1 saturated carbocycles. The molecule has 0 aromatic heterocycles. The summed E-state index contributed by atoms with van der Waals surface area (Å²) in [4.78, 5) is 23.0. The van der Waals surface area contributed by atoms with Crippen molar-refractivity contribution in [3.63, 3.8) is 0 Å². The van der Waals surface area contributed by atoms with Crippen molar-refractivity contribution in [2.75, 3.05) is 0 Å². The molecular formula is C17H21NO3. The lowest BCUT2D eigenvalue weighted by Gasteiger charge is -2.14. The second kappa shape index (κ2) is 6.57. The summed E-state index contributed by atoms with van der Waals surface area (Å²) in [6.45, 7) is 4.04. The average Bonchev–Trinajstić information content (AvgIpc) is 2.82. The lowest BCUT2D eigenvalue weighted by molar-refractivity contribution is -0.131. The van der Waals surface area contributed by atoms with Gasteiger partial charge in [0, 0.05) is 17.7 Å². The van der Waals surface area contributed by atoms with Gasteiger partial charge < -0.3 is 10.4 Å². The average molecular weight is 287 g/mol. The maximum Gasteiger partial charge on any atom is 0.328 e. The Morgan fingerprint density at radius 3 is 2.71 bits per heavy atom. The summed E-state index contributed by atoms with van der Waals surface area (Å²) >= 11 is 0. The summed E-state index contributed by atoms with van der Waals surface area (Å²) in [6, 6.07) is 5.62. The van der Waals surface area contributed by atoms with Crippen LogP contribution in [0.4, 0.5) is 0 Å². The summed E-state index contributed by atoms with van der Waals surface area (Å²) in [5.41, 5.74) is 2.17. The molecule has 0 bridgehead atoms. The highest BCUT2D eigenvalue weighted by Crippen LogP contribution is 2.25. The number of benzene rings is 1. The topological polar surface area (TPSA) is 66.4 Å². The lowest BCUT2D eigenvalue weighted by Crippen LogP contribution is -2.33. The summed E-state index contributed by atoms with van der Waals surface area (Å²) in [5, 5.41) is 11.8. The second-order valence-corrected chi connectivity index (χ2v) is 5.78. The molecule has 1 fully saturated rings. The first-order valence-electron chi connectivity index (χ1n) is 7.29. The first-order valence-corrected chi connectivity index (χ1v) is 7.29. The van der Waals surface area contributed by atoms with E-state index in [9.17, 15) is 9.59 Å². The zero-order valence-electron chi connectivity index (χ0n) is 12.4. The smallest absolute Gasteiger partial charge is 0.328 e. The number of rotatable bonds is 4. The standard InChI is InChI=1S/C17H21NO3/c1-11-6-8-14(10-11)18-17(21)15-5-3-4-13(12(15)2)7-9-16(19)20/h3-5,7,9,11,14H,6,8,10H2,1-2H3,(H,18,21)(H,19,20)/b9-7+. The van der Waals surface area contributed by atoms with Crippen LogP contribution < -0.4 is 5.32 Å². The normalized spacial score (nSPS) is 21.6. The van der Waals surface area contributed by atoms with E-state index >= 15 is 0 Å². The summed E-state index contributed by atoms with van der Waals surface area (Å²) in [6.07, 6.45) is 5.83. The zero-order valence-corrected chi connectivity index (χ0v) is 12.4. The Bertz CT molecular complexity index is 577. The van der Waals surface area contributed by atoms with Gasteiger partial charge in [0.1, 0.15) is 0 Å². The molecule has 2 unspecified atom stereocenters. The third kappa shape index (κ3) is 3.94. The zero-order chi connectivity index (χ0) is 15.4. The van der Waals surface area contributed by atoms with Gasteiger partial charge in [0.25, 0.3) is 5.91 Å². The number of carboxylic acid groups (broad SMARTS) is 1. The SMILES string of the molecule is Cc1c(/C=C/C(=O)O)cccc1C(=O)NC1CCC(C)C1. The third-order valence-electron chi connectivity index (χ3n) is 4.06. The fourth-order valence-corrected chi connectivity index (χ4v) is 2.84. The number of carbonyl (C=O) groups is 2. The molecule has 1 aliphatic rings. The Morgan fingerprint density at radius 1 is 1.33 bits per heavy atom. The number of amides is 1. The molecule has 1 amide bonds. The molecule has 112 valence electrons.